The standard InChI is InChI=1S/C24H31N3O5/c1-23(2,3)32-22(29)26-16-9-12-20-18(13-16)19(14-24(4,5)31-20)27-21(28)25-15-7-10-17(30-6)11-8-15/h7-13,19H,14H2,1-6H3,(H,26,29)(H2,25,27,28). The van der Waals surface area contributed by atoms with Crippen molar-refractivity contribution in [1.29, 1.82) is 0 Å². The number of carbonyl (C=O) groups is 2. The van der Waals surface area contributed by atoms with Gasteiger partial charge < -0.3 is 24.8 Å². The van der Waals surface area contributed by atoms with E-state index in [-0.39, 0.29) is 12.1 Å². The fourth-order valence-corrected chi connectivity index (χ4v) is 3.48. The first-order valence-electron chi connectivity index (χ1n) is 10.5. The first-order valence-corrected chi connectivity index (χ1v) is 10.5. The number of rotatable bonds is 4. The number of amides is 3. The number of carbonyl (C=O) groups excluding carboxylic acids is 2. The third kappa shape index (κ3) is 6.29. The molecule has 3 rings (SSSR count). The van der Waals surface area contributed by atoms with Crippen molar-refractivity contribution >= 4 is 23.5 Å². The first-order chi connectivity index (χ1) is 14.9. The molecule has 0 spiro atoms. The second-order valence-electron chi connectivity index (χ2n) is 9.32. The molecular weight excluding hydrogens is 410 g/mol. The van der Waals surface area contributed by atoms with Crippen molar-refractivity contribution in [2.24, 2.45) is 0 Å². The fraction of sp³-hybridized carbons (Fsp3) is 0.417. The summed E-state index contributed by atoms with van der Waals surface area (Å²) >= 11 is 0. The van der Waals surface area contributed by atoms with Gasteiger partial charge in [-0.25, -0.2) is 9.59 Å². The molecule has 0 aromatic heterocycles. The summed E-state index contributed by atoms with van der Waals surface area (Å²) in [5.41, 5.74) is 0.918. The van der Waals surface area contributed by atoms with Crippen LogP contribution in [0.15, 0.2) is 42.5 Å². The zero-order valence-corrected chi connectivity index (χ0v) is 19.4. The SMILES string of the molecule is COc1ccc(NC(=O)NC2CC(C)(C)Oc3ccc(NC(=O)OC(C)(C)C)cc32)cc1. The van der Waals surface area contributed by atoms with Crippen LogP contribution in [-0.2, 0) is 4.74 Å². The van der Waals surface area contributed by atoms with Gasteiger partial charge in [0.2, 0.25) is 0 Å². The van der Waals surface area contributed by atoms with Gasteiger partial charge in [-0.1, -0.05) is 0 Å². The maximum absolute atomic E-state index is 12.7. The van der Waals surface area contributed by atoms with Crippen LogP contribution in [0.4, 0.5) is 21.0 Å². The van der Waals surface area contributed by atoms with Gasteiger partial charge >= 0.3 is 12.1 Å². The Kier molecular flexibility index (Phi) is 6.52. The Morgan fingerprint density at radius 3 is 2.31 bits per heavy atom. The molecule has 0 saturated carbocycles. The summed E-state index contributed by atoms with van der Waals surface area (Å²) in [5, 5.41) is 8.59. The lowest BCUT2D eigenvalue weighted by molar-refractivity contribution is 0.0631. The fourth-order valence-electron chi connectivity index (χ4n) is 3.48. The Morgan fingerprint density at radius 2 is 1.69 bits per heavy atom. The van der Waals surface area contributed by atoms with Gasteiger partial charge in [-0.05, 0) is 77.1 Å². The van der Waals surface area contributed by atoms with Crippen LogP contribution in [0, 0.1) is 0 Å². The lowest BCUT2D eigenvalue weighted by Gasteiger charge is -2.38. The second kappa shape index (κ2) is 8.98. The summed E-state index contributed by atoms with van der Waals surface area (Å²) in [5.74, 6) is 1.37. The molecule has 2 aromatic carbocycles. The van der Waals surface area contributed by atoms with Crippen molar-refractivity contribution in [3.8, 4) is 11.5 Å². The molecule has 172 valence electrons. The zero-order valence-electron chi connectivity index (χ0n) is 19.4. The number of ether oxygens (including phenoxy) is 3. The van der Waals surface area contributed by atoms with Crippen LogP contribution >= 0.6 is 0 Å². The smallest absolute Gasteiger partial charge is 0.412 e. The van der Waals surface area contributed by atoms with Gasteiger partial charge in [0.1, 0.15) is 22.7 Å². The molecule has 8 nitrogen and oxygen atoms in total. The number of anilines is 2. The highest BCUT2D eigenvalue weighted by molar-refractivity contribution is 5.90. The minimum absolute atomic E-state index is 0.313. The first kappa shape index (κ1) is 23.2. The van der Waals surface area contributed by atoms with E-state index in [1.807, 2.05) is 13.8 Å². The summed E-state index contributed by atoms with van der Waals surface area (Å²) in [4.78, 5) is 24.8. The molecule has 0 aliphatic carbocycles. The van der Waals surface area contributed by atoms with Crippen molar-refractivity contribution in [1.82, 2.24) is 5.32 Å². The van der Waals surface area contributed by atoms with Crippen molar-refractivity contribution in [2.75, 3.05) is 17.7 Å². The summed E-state index contributed by atoms with van der Waals surface area (Å²) in [6.45, 7) is 9.35. The van der Waals surface area contributed by atoms with E-state index < -0.39 is 17.3 Å². The van der Waals surface area contributed by atoms with Crippen LogP contribution in [0.5, 0.6) is 11.5 Å². The number of methoxy groups -OCH3 is 1. The molecule has 1 heterocycles. The molecule has 32 heavy (non-hydrogen) atoms. The number of hydrogen-bond donors (Lipinski definition) is 3. The molecule has 1 aliphatic rings. The predicted octanol–water partition coefficient (Wildman–Crippen LogP) is 5.47. The monoisotopic (exact) mass is 441 g/mol. The van der Waals surface area contributed by atoms with Crippen LogP contribution < -0.4 is 25.4 Å². The molecule has 3 amide bonds. The molecule has 2 aromatic rings. The lowest BCUT2D eigenvalue weighted by atomic mass is 9.89. The minimum Gasteiger partial charge on any atom is -0.497 e. The van der Waals surface area contributed by atoms with Gasteiger partial charge in [0.25, 0.3) is 0 Å². The molecular formula is C24H31N3O5. The largest absolute Gasteiger partial charge is 0.497 e. The quantitative estimate of drug-likeness (QED) is 0.585. The van der Waals surface area contributed by atoms with Gasteiger partial charge in [0, 0.05) is 23.4 Å². The highest BCUT2D eigenvalue weighted by Crippen LogP contribution is 2.40. The summed E-state index contributed by atoms with van der Waals surface area (Å²) in [6.07, 6.45) is 0.0163. The molecule has 3 N–H and O–H groups in total. The van der Waals surface area contributed by atoms with Crippen molar-refractivity contribution in [3.05, 3.63) is 48.0 Å². The Hall–Kier alpha value is -3.42. The van der Waals surface area contributed by atoms with Gasteiger partial charge in [-0.2, -0.15) is 0 Å². The third-order valence-corrected chi connectivity index (χ3v) is 4.77. The van der Waals surface area contributed by atoms with Crippen molar-refractivity contribution in [2.45, 2.75) is 58.3 Å². The van der Waals surface area contributed by atoms with E-state index in [4.69, 9.17) is 14.2 Å². The molecule has 0 saturated heterocycles. The Morgan fingerprint density at radius 1 is 1.03 bits per heavy atom. The topological polar surface area (TPSA) is 97.9 Å². The van der Waals surface area contributed by atoms with E-state index in [1.54, 1.807) is 70.3 Å². The number of urea groups is 1. The van der Waals surface area contributed by atoms with Crippen LogP contribution in [0.1, 0.15) is 52.6 Å². The molecule has 1 aliphatic heterocycles. The van der Waals surface area contributed by atoms with E-state index >= 15 is 0 Å². The zero-order chi connectivity index (χ0) is 23.5. The van der Waals surface area contributed by atoms with Gasteiger partial charge in [0.15, 0.2) is 0 Å². The Balaban J connectivity index is 1.76. The second-order valence-corrected chi connectivity index (χ2v) is 9.32. The number of nitrogens with one attached hydrogen (secondary N) is 3. The highest BCUT2D eigenvalue weighted by atomic mass is 16.6. The minimum atomic E-state index is -0.602. The number of fused-ring (bicyclic) bond motifs is 1. The summed E-state index contributed by atoms with van der Waals surface area (Å²) in [7, 11) is 1.59. The highest BCUT2D eigenvalue weighted by Gasteiger charge is 2.35. The molecule has 8 heteroatoms. The van der Waals surface area contributed by atoms with Crippen LogP contribution in [0.2, 0.25) is 0 Å². The molecule has 0 fully saturated rings. The molecule has 0 radical (unpaired) electrons. The van der Waals surface area contributed by atoms with E-state index in [0.29, 0.717) is 29.3 Å². The van der Waals surface area contributed by atoms with E-state index in [1.165, 1.54) is 0 Å². The number of hydrogen-bond acceptors (Lipinski definition) is 5. The summed E-state index contributed by atoms with van der Waals surface area (Å²) in [6, 6.07) is 11.8. The van der Waals surface area contributed by atoms with Gasteiger partial charge in [-0.3, -0.25) is 5.32 Å². The van der Waals surface area contributed by atoms with E-state index in [0.717, 1.165) is 5.56 Å². The predicted molar refractivity (Wildman–Crippen MR) is 124 cm³/mol. The normalized spacial score (nSPS) is 16.8. The van der Waals surface area contributed by atoms with Gasteiger partial charge in [-0.15, -0.1) is 0 Å². The van der Waals surface area contributed by atoms with Crippen molar-refractivity contribution in [3.63, 3.8) is 0 Å². The molecule has 1 unspecified atom stereocenters. The average Bonchev–Trinajstić information content (AvgIpc) is 2.67. The van der Waals surface area contributed by atoms with E-state index in [2.05, 4.69) is 16.0 Å². The van der Waals surface area contributed by atoms with E-state index in [9.17, 15) is 9.59 Å². The molecule has 0 bridgehead atoms. The average molecular weight is 442 g/mol. The Labute approximate surface area is 188 Å². The molecule has 1 atom stereocenters. The van der Waals surface area contributed by atoms with Crippen LogP contribution in [-0.4, -0.2) is 30.4 Å². The Bertz CT molecular complexity index is 980. The maximum Gasteiger partial charge on any atom is 0.412 e. The maximum atomic E-state index is 12.7. The lowest BCUT2D eigenvalue weighted by Crippen LogP contribution is -2.42. The van der Waals surface area contributed by atoms with Crippen LogP contribution in [0.25, 0.3) is 0 Å². The third-order valence-electron chi connectivity index (χ3n) is 4.77. The van der Waals surface area contributed by atoms with Crippen molar-refractivity contribution < 1.29 is 23.8 Å². The number of benzene rings is 2. The summed E-state index contributed by atoms with van der Waals surface area (Å²) < 4.78 is 16.6. The van der Waals surface area contributed by atoms with Gasteiger partial charge in [0.05, 0.1) is 13.2 Å². The van der Waals surface area contributed by atoms with Crippen LogP contribution in [0.3, 0.4) is 0 Å².